The van der Waals surface area contributed by atoms with E-state index in [1.54, 1.807) is 23.5 Å². The highest BCUT2D eigenvalue weighted by Gasteiger charge is 2.00. The van der Waals surface area contributed by atoms with Crippen LogP contribution in [0.1, 0.15) is 16.0 Å². The lowest BCUT2D eigenvalue weighted by atomic mass is 10.1. The maximum Gasteiger partial charge on any atom is 0.123 e. The van der Waals surface area contributed by atoms with Crippen LogP contribution in [0.5, 0.6) is 0 Å². The van der Waals surface area contributed by atoms with Crippen LogP contribution >= 0.6 is 11.3 Å². The molecule has 2 aromatic rings. The van der Waals surface area contributed by atoms with Crippen LogP contribution in [-0.2, 0) is 13.0 Å². The van der Waals surface area contributed by atoms with Crippen LogP contribution in [0.2, 0.25) is 0 Å². The predicted octanol–water partition coefficient (Wildman–Crippen LogP) is 2.97. The summed E-state index contributed by atoms with van der Waals surface area (Å²) in [6, 6.07) is 8.48. The summed E-state index contributed by atoms with van der Waals surface area (Å²) in [5, 5.41) is 10.9. The molecule has 0 unspecified atom stereocenters. The fourth-order valence-electron chi connectivity index (χ4n) is 1.44. The van der Waals surface area contributed by atoms with Crippen LogP contribution in [0.25, 0.3) is 0 Å². The first-order chi connectivity index (χ1) is 7.28. The van der Waals surface area contributed by atoms with E-state index in [2.05, 4.69) is 0 Å². The lowest BCUT2D eigenvalue weighted by Gasteiger charge is -1.98. The van der Waals surface area contributed by atoms with E-state index >= 15 is 0 Å². The number of rotatable bonds is 3. The fourth-order valence-corrected chi connectivity index (χ4v) is 2.19. The van der Waals surface area contributed by atoms with E-state index in [9.17, 15) is 4.39 Å². The average molecular weight is 222 g/mol. The minimum Gasteiger partial charge on any atom is -0.391 e. The van der Waals surface area contributed by atoms with Gasteiger partial charge >= 0.3 is 0 Å². The van der Waals surface area contributed by atoms with E-state index in [1.807, 2.05) is 11.4 Å². The Balaban J connectivity index is 2.11. The summed E-state index contributed by atoms with van der Waals surface area (Å²) in [4.78, 5) is 0.965. The van der Waals surface area contributed by atoms with Crippen molar-refractivity contribution in [1.82, 2.24) is 0 Å². The molecule has 0 atom stereocenters. The van der Waals surface area contributed by atoms with E-state index in [-0.39, 0.29) is 12.4 Å². The van der Waals surface area contributed by atoms with E-state index < -0.39 is 0 Å². The Labute approximate surface area is 91.8 Å². The van der Waals surface area contributed by atoms with Crippen LogP contribution in [0, 0.1) is 5.82 Å². The van der Waals surface area contributed by atoms with Gasteiger partial charge in [0.2, 0.25) is 0 Å². The highest BCUT2D eigenvalue weighted by molar-refractivity contribution is 7.10. The third-order valence-corrected chi connectivity index (χ3v) is 3.16. The second kappa shape index (κ2) is 4.55. The number of thiophene rings is 1. The standard InChI is InChI=1S/C12H11FOS/c13-11-3-1-9(2-4-11)5-10-6-12(7-14)15-8-10/h1-4,6,8,14H,5,7H2. The van der Waals surface area contributed by atoms with Crippen molar-refractivity contribution in [3.63, 3.8) is 0 Å². The summed E-state index contributed by atoms with van der Waals surface area (Å²) in [6.45, 7) is 0.0914. The van der Waals surface area contributed by atoms with Gasteiger partial charge in [0, 0.05) is 4.88 Å². The zero-order valence-electron chi connectivity index (χ0n) is 8.11. The zero-order chi connectivity index (χ0) is 10.7. The number of benzene rings is 1. The van der Waals surface area contributed by atoms with Crippen molar-refractivity contribution in [3.8, 4) is 0 Å². The largest absolute Gasteiger partial charge is 0.391 e. The molecule has 2 rings (SSSR count). The Morgan fingerprint density at radius 1 is 1.13 bits per heavy atom. The summed E-state index contributed by atoms with van der Waals surface area (Å²) in [5.74, 6) is -0.208. The van der Waals surface area contributed by atoms with Crippen molar-refractivity contribution in [2.45, 2.75) is 13.0 Å². The molecule has 0 radical (unpaired) electrons. The van der Waals surface area contributed by atoms with E-state index in [4.69, 9.17) is 5.11 Å². The second-order valence-corrected chi connectivity index (χ2v) is 4.38. The van der Waals surface area contributed by atoms with Gasteiger partial charge in [-0.15, -0.1) is 11.3 Å². The van der Waals surface area contributed by atoms with Gasteiger partial charge in [-0.2, -0.15) is 0 Å². The van der Waals surface area contributed by atoms with Gasteiger partial charge in [0.15, 0.2) is 0 Å². The van der Waals surface area contributed by atoms with Gasteiger partial charge in [-0.3, -0.25) is 0 Å². The molecule has 0 amide bonds. The van der Waals surface area contributed by atoms with Crippen molar-refractivity contribution in [1.29, 1.82) is 0 Å². The summed E-state index contributed by atoms with van der Waals surface area (Å²) in [6.07, 6.45) is 0.788. The molecule has 1 nitrogen and oxygen atoms in total. The monoisotopic (exact) mass is 222 g/mol. The first-order valence-electron chi connectivity index (χ1n) is 4.69. The van der Waals surface area contributed by atoms with Gasteiger partial charge in [0.1, 0.15) is 5.82 Å². The molecule has 15 heavy (non-hydrogen) atoms. The predicted molar refractivity (Wildman–Crippen MR) is 59.4 cm³/mol. The summed E-state index contributed by atoms with van der Waals surface area (Å²) in [7, 11) is 0. The molecule has 78 valence electrons. The van der Waals surface area contributed by atoms with Gasteiger partial charge < -0.3 is 5.11 Å². The van der Waals surface area contributed by atoms with Crippen LogP contribution in [0.3, 0.4) is 0 Å². The molecule has 0 bridgehead atoms. The molecular weight excluding hydrogens is 211 g/mol. The Kier molecular flexibility index (Phi) is 3.14. The Morgan fingerprint density at radius 3 is 2.47 bits per heavy atom. The van der Waals surface area contributed by atoms with Crippen molar-refractivity contribution in [2.24, 2.45) is 0 Å². The van der Waals surface area contributed by atoms with Crippen LogP contribution in [-0.4, -0.2) is 5.11 Å². The Bertz CT molecular complexity index is 433. The van der Waals surface area contributed by atoms with Crippen LogP contribution in [0.15, 0.2) is 35.7 Å². The highest BCUT2D eigenvalue weighted by Crippen LogP contribution is 2.18. The molecule has 3 heteroatoms. The van der Waals surface area contributed by atoms with Crippen LogP contribution < -0.4 is 0 Å². The Morgan fingerprint density at radius 2 is 1.87 bits per heavy atom. The molecule has 0 saturated heterocycles. The fraction of sp³-hybridized carbons (Fsp3) is 0.167. The number of hydrogen-bond acceptors (Lipinski definition) is 2. The summed E-state index contributed by atoms with van der Waals surface area (Å²) in [5.41, 5.74) is 2.24. The van der Waals surface area contributed by atoms with Crippen molar-refractivity contribution >= 4 is 11.3 Å². The number of halogens is 1. The first kappa shape index (κ1) is 10.3. The minimum atomic E-state index is -0.208. The van der Waals surface area contributed by atoms with E-state index in [0.717, 1.165) is 22.4 Å². The third kappa shape index (κ3) is 2.64. The van der Waals surface area contributed by atoms with Crippen molar-refractivity contribution in [2.75, 3.05) is 0 Å². The van der Waals surface area contributed by atoms with E-state index in [1.165, 1.54) is 12.1 Å². The van der Waals surface area contributed by atoms with Gasteiger partial charge in [-0.1, -0.05) is 12.1 Å². The third-order valence-electron chi connectivity index (χ3n) is 2.19. The normalized spacial score (nSPS) is 10.5. The van der Waals surface area contributed by atoms with Gasteiger partial charge in [0.25, 0.3) is 0 Å². The summed E-state index contributed by atoms with van der Waals surface area (Å²) < 4.78 is 12.7. The minimum absolute atomic E-state index is 0.0914. The lowest BCUT2D eigenvalue weighted by molar-refractivity contribution is 0.285. The molecule has 1 heterocycles. The van der Waals surface area contributed by atoms with Gasteiger partial charge in [-0.25, -0.2) is 4.39 Å². The number of hydrogen-bond donors (Lipinski definition) is 1. The molecule has 1 aromatic heterocycles. The molecule has 0 aliphatic carbocycles. The highest BCUT2D eigenvalue weighted by atomic mass is 32.1. The quantitative estimate of drug-likeness (QED) is 0.846. The van der Waals surface area contributed by atoms with E-state index in [0.29, 0.717) is 0 Å². The Hall–Kier alpha value is -1.19. The molecule has 0 fully saturated rings. The maximum atomic E-state index is 12.7. The molecule has 0 aliphatic heterocycles. The van der Waals surface area contributed by atoms with Gasteiger partial charge in [0.05, 0.1) is 6.61 Å². The van der Waals surface area contributed by atoms with Crippen LogP contribution in [0.4, 0.5) is 4.39 Å². The van der Waals surface area contributed by atoms with Crippen molar-refractivity contribution in [3.05, 3.63) is 57.5 Å². The summed E-state index contributed by atoms with van der Waals surface area (Å²) >= 11 is 1.55. The molecule has 1 aromatic carbocycles. The number of aliphatic hydroxyl groups excluding tert-OH is 1. The smallest absolute Gasteiger partial charge is 0.123 e. The first-order valence-corrected chi connectivity index (χ1v) is 5.57. The molecule has 0 spiro atoms. The SMILES string of the molecule is OCc1cc(Cc2ccc(F)cc2)cs1. The van der Waals surface area contributed by atoms with Crippen molar-refractivity contribution < 1.29 is 9.50 Å². The topological polar surface area (TPSA) is 20.2 Å². The molecule has 0 aliphatic rings. The average Bonchev–Trinajstić information content (AvgIpc) is 2.69. The molecular formula is C12H11FOS. The molecule has 1 N–H and O–H groups in total. The molecule has 0 saturated carbocycles. The number of aliphatic hydroxyl groups is 1. The maximum absolute atomic E-state index is 12.7. The lowest BCUT2D eigenvalue weighted by Crippen LogP contribution is -1.85. The van der Waals surface area contributed by atoms with Gasteiger partial charge in [-0.05, 0) is 41.1 Å². The second-order valence-electron chi connectivity index (χ2n) is 3.38. The zero-order valence-corrected chi connectivity index (χ0v) is 8.93.